The molecule has 0 aliphatic carbocycles. The summed E-state index contributed by atoms with van der Waals surface area (Å²) < 4.78 is 5.94. The molecule has 0 aliphatic heterocycles. The lowest BCUT2D eigenvalue weighted by Crippen LogP contribution is -1.99. The van der Waals surface area contributed by atoms with Gasteiger partial charge in [0, 0.05) is 5.56 Å². The number of para-hydroxylation sites is 1. The van der Waals surface area contributed by atoms with E-state index in [1.54, 1.807) is 11.3 Å². The van der Waals surface area contributed by atoms with E-state index in [0.29, 0.717) is 12.5 Å². The van der Waals surface area contributed by atoms with E-state index in [4.69, 9.17) is 9.84 Å². The number of benzene rings is 1. The van der Waals surface area contributed by atoms with Crippen LogP contribution < -0.4 is 4.74 Å². The maximum Gasteiger partial charge on any atom is 0.124 e. The first-order chi connectivity index (χ1) is 9.72. The summed E-state index contributed by atoms with van der Waals surface area (Å²) in [6, 6.07) is 10.1. The molecule has 0 saturated carbocycles. The number of ether oxygens (including phenoxy) is 1. The third-order valence-corrected chi connectivity index (χ3v) is 3.84. The van der Waals surface area contributed by atoms with Crippen LogP contribution in [-0.2, 0) is 6.61 Å². The Morgan fingerprint density at radius 2 is 2.05 bits per heavy atom. The van der Waals surface area contributed by atoms with E-state index in [-0.39, 0.29) is 6.61 Å². The van der Waals surface area contributed by atoms with Gasteiger partial charge in [0.25, 0.3) is 0 Å². The minimum atomic E-state index is -0.119. The molecule has 0 aliphatic rings. The van der Waals surface area contributed by atoms with Gasteiger partial charge in [0.15, 0.2) is 0 Å². The van der Waals surface area contributed by atoms with Gasteiger partial charge in [-0.1, -0.05) is 43.9 Å². The molecule has 2 rings (SSSR count). The molecule has 0 amide bonds. The second-order valence-electron chi connectivity index (χ2n) is 4.70. The largest absolute Gasteiger partial charge is 0.488 e. The van der Waals surface area contributed by atoms with E-state index >= 15 is 0 Å². The van der Waals surface area contributed by atoms with E-state index in [0.717, 1.165) is 16.2 Å². The normalized spacial score (nSPS) is 10.2. The predicted molar refractivity (Wildman–Crippen MR) is 83.1 cm³/mol. The summed E-state index contributed by atoms with van der Waals surface area (Å²) in [5.74, 6) is 6.98. The van der Waals surface area contributed by atoms with E-state index in [1.165, 1.54) is 5.56 Å². The summed E-state index contributed by atoms with van der Waals surface area (Å²) in [6.45, 7) is 4.71. The van der Waals surface area contributed by atoms with Gasteiger partial charge in [-0.25, -0.2) is 0 Å². The molecule has 1 heterocycles. The third kappa shape index (κ3) is 3.63. The van der Waals surface area contributed by atoms with Gasteiger partial charge in [0.2, 0.25) is 0 Å². The molecule has 2 aromatic rings. The number of thiophene rings is 1. The molecule has 104 valence electrons. The van der Waals surface area contributed by atoms with E-state index < -0.39 is 0 Å². The van der Waals surface area contributed by atoms with Crippen molar-refractivity contribution in [1.29, 1.82) is 0 Å². The molecule has 0 unspecified atom stereocenters. The fraction of sp³-hybridized carbons (Fsp3) is 0.294. The van der Waals surface area contributed by atoms with Gasteiger partial charge in [-0.2, -0.15) is 0 Å². The molecule has 1 aromatic carbocycles. The van der Waals surface area contributed by atoms with Crippen LogP contribution in [0.15, 0.2) is 35.7 Å². The van der Waals surface area contributed by atoms with Gasteiger partial charge in [-0.3, -0.25) is 0 Å². The van der Waals surface area contributed by atoms with Crippen molar-refractivity contribution in [2.75, 3.05) is 6.61 Å². The lowest BCUT2D eigenvalue weighted by Gasteiger charge is -2.13. The molecule has 2 nitrogen and oxygen atoms in total. The van der Waals surface area contributed by atoms with Crippen molar-refractivity contribution >= 4 is 11.3 Å². The average molecular weight is 286 g/mol. The summed E-state index contributed by atoms with van der Waals surface area (Å²) in [5.41, 5.74) is 2.15. The van der Waals surface area contributed by atoms with Crippen molar-refractivity contribution in [3.8, 4) is 17.6 Å². The summed E-state index contributed by atoms with van der Waals surface area (Å²) in [6.07, 6.45) is 0. The molecule has 1 aromatic heterocycles. The fourth-order valence-electron chi connectivity index (χ4n) is 1.93. The Bertz CT molecular complexity index is 617. The molecule has 0 spiro atoms. The summed E-state index contributed by atoms with van der Waals surface area (Å²) >= 11 is 1.62. The first-order valence-corrected chi connectivity index (χ1v) is 7.48. The Balaban J connectivity index is 2.12. The van der Waals surface area contributed by atoms with Gasteiger partial charge in [0.05, 0.1) is 4.88 Å². The minimum Gasteiger partial charge on any atom is -0.488 e. The van der Waals surface area contributed by atoms with Crippen LogP contribution in [0.1, 0.15) is 35.8 Å². The molecular formula is C17H18O2S. The van der Waals surface area contributed by atoms with Gasteiger partial charge < -0.3 is 9.84 Å². The van der Waals surface area contributed by atoms with Crippen LogP contribution in [-0.4, -0.2) is 11.7 Å². The Kier molecular flexibility index (Phi) is 5.23. The van der Waals surface area contributed by atoms with Crippen LogP contribution in [0.25, 0.3) is 0 Å². The van der Waals surface area contributed by atoms with Crippen LogP contribution in [0.3, 0.4) is 0 Å². The number of aliphatic hydroxyl groups is 1. The molecule has 0 fully saturated rings. The predicted octanol–water partition coefficient (Wildman–Crippen LogP) is 3.79. The summed E-state index contributed by atoms with van der Waals surface area (Å²) in [5, 5.41) is 10.8. The van der Waals surface area contributed by atoms with Gasteiger partial charge >= 0.3 is 0 Å². The Hall–Kier alpha value is -1.76. The zero-order valence-corrected chi connectivity index (χ0v) is 12.5. The lowest BCUT2D eigenvalue weighted by atomic mass is 10.0. The summed E-state index contributed by atoms with van der Waals surface area (Å²) in [7, 11) is 0. The molecule has 1 N–H and O–H groups in total. The monoisotopic (exact) mass is 286 g/mol. The maximum absolute atomic E-state index is 8.76. The third-order valence-electron chi connectivity index (χ3n) is 2.95. The van der Waals surface area contributed by atoms with E-state index in [9.17, 15) is 0 Å². The quantitative estimate of drug-likeness (QED) is 0.866. The highest BCUT2D eigenvalue weighted by molar-refractivity contribution is 7.10. The highest BCUT2D eigenvalue weighted by atomic mass is 32.1. The second-order valence-corrected chi connectivity index (χ2v) is 5.70. The van der Waals surface area contributed by atoms with Gasteiger partial charge in [-0.15, -0.1) is 11.3 Å². The lowest BCUT2D eigenvalue weighted by molar-refractivity contribution is 0.305. The van der Waals surface area contributed by atoms with Crippen molar-refractivity contribution in [2.45, 2.75) is 26.4 Å². The molecule has 3 heteroatoms. The minimum absolute atomic E-state index is 0.119. The Morgan fingerprint density at radius 3 is 2.80 bits per heavy atom. The molecule has 0 bridgehead atoms. The van der Waals surface area contributed by atoms with E-state index in [2.05, 4.69) is 31.8 Å². The van der Waals surface area contributed by atoms with Crippen LogP contribution in [0.4, 0.5) is 0 Å². The van der Waals surface area contributed by atoms with Crippen molar-refractivity contribution < 1.29 is 9.84 Å². The van der Waals surface area contributed by atoms with Crippen LogP contribution in [0, 0.1) is 11.8 Å². The second kappa shape index (κ2) is 7.14. The molecule has 0 saturated heterocycles. The zero-order chi connectivity index (χ0) is 14.4. The van der Waals surface area contributed by atoms with Crippen molar-refractivity contribution in [2.24, 2.45) is 0 Å². The first-order valence-electron chi connectivity index (χ1n) is 6.60. The number of hydrogen-bond acceptors (Lipinski definition) is 3. The topological polar surface area (TPSA) is 29.5 Å². The SMILES string of the molecule is CC(C)c1ccccc1OCc1sccc1C#CCO. The van der Waals surface area contributed by atoms with Crippen LogP contribution in [0.5, 0.6) is 5.75 Å². The highest BCUT2D eigenvalue weighted by Gasteiger charge is 2.08. The van der Waals surface area contributed by atoms with Crippen LogP contribution in [0.2, 0.25) is 0 Å². The number of rotatable bonds is 4. The van der Waals surface area contributed by atoms with Crippen LogP contribution >= 0.6 is 11.3 Å². The Labute approximate surface area is 124 Å². The first kappa shape index (κ1) is 14.6. The molecule has 0 atom stereocenters. The number of hydrogen-bond donors (Lipinski definition) is 1. The molecule has 0 radical (unpaired) electrons. The highest BCUT2D eigenvalue weighted by Crippen LogP contribution is 2.27. The van der Waals surface area contributed by atoms with Gasteiger partial charge in [-0.05, 0) is 29.0 Å². The summed E-state index contributed by atoms with van der Waals surface area (Å²) in [4.78, 5) is 1.09. The van der Waals surface area contributed by atoms with Gasteiger partial charge in [0.1, 0.15) is 19.0 Å². The van der Waals surface area contributed by atoms with Crippen molar-refractivity contribution in [1.82, 2.24) is 0 Å². The smallest absolute Gasteiger partial charge is 0.124 e. The fourth-order valence-corrected chi connectivity index (χ4v) is 2.67. The standard InChI is InChI=1S/C17H18O2S/c1-13(2)15-7-3-4-8-16(15)19-12-17-14(6-5-10-18)9-11-20-17/h3-4,7-9,11,13,18H,10,12H2,1-2H3. The zero-order valence-electron chi connectivity index (χ0n) is 11.7. The van der Waals surface area contributed by atoms with Crippen molar-refractivity contribution in [3.05, 3.63) is 51.7 Å². The van der Waals surface area contributed by atoms with Crippen molar-refractivity contribution in [3.63, 3.8) is 0 Å². The average Bonchev–Trinajstić information content (AvgIpc) is 2.90. The molecular weight excluding hydrogens is 268 g/mol. The molecule has 20 heavy (non-hydrogen) atoms. The van der Waals surface area contributed by atoms with E-state index in [1.807, 2.05) is 29.6 Å². The Morgan fingerprint density at radius 1 is 1.25 bits per heavy atom. The maximum atomic E-state index is 8.76. The number of aliphatic hydroxyl groups excluding tert-OH is 1.